The first-order valence-corrected chi connectivity index (χ1v) is 3.60. The van der Waals surface area contributed by atoms with Crippen LogP contribution in [0.3, 0.4) is 0 Å². The molecular formula is C4H7N2P. The lowest BCUT2D eigenvalue weighted by Gasteiger charge is -1.80. The van der Waals surface area contributed by atoms with E-state index < -0.39 is 0 Å². The third kappa shape index (κ3) is 1.00. The SMILES string of the molecule is CPc1ncc[nH]1. The summed E-state index contributed by atoms with van der Waals surface area (Å²) in [6, 6.07) is 0. The standard InChI is InChI=1S/C4H7N2P/c1-7-4-5-2-3-6-4/h2-3,7H,1H3,(H,5,6). The Labute approximate surface area is 44.1 Å². The van der Waals surface area contributed by atoms with Crippen molar-refractivity contribution in [3.63, 3.8) is 0 Å². The molecule has 0 bridgehead atoms. The minimum atomic E-state index is 0.788. The summed E-state index contributed by atoms with van der Waals surface area (Å²) in [6.07, 6.45) is 3.61. The summed E-state index contributed by atoms with van der Waals surface area (Å²) in [5.74, 6) is 0. The highest BCUT2D eigenvalue weighted by Crippen LogP contribution is 1.94. The van der Waals surface area contributed by atoms with E-state index in [-0.39, 0.29) is 0 Å². The molecule has 1 N–H and O–H groups in total. The van der Waals surface area contributed by atoms with E-state index in [1.807, 2.05) is 6.20 Å². The van der Waals surface area contributed by atoms with Crippen molar-refractivity contribution in [2.75, 3.05) is 6.66 Å². The summed E-state index contributed by atoms with van der Waals surface area (Å²) >= 11 is 0. The van der Waals surface area contributed by atoms with Crippen LogP contribution in [0.15, 0.2) is 12.4 Å². The second-order valence-corrected chi connectivity index (χ2v) is 2.16. The summed E-state index contributed by atoms with van der Waals surface area (Å²) in [7, 11) is 0.788. The fourth-order valence-electron chi connectivity index (χ4n) is 0.402. The van der Waals surface area contributed by atoms with Gasteiger partial charge in [-0.15, -0.1) is 0 Å². The van der Waals surface area contributed by atoms with E-state index in [4.69, 9.17) is 0 Å². The molecule has 7 heavy (non-hydrogen) atoms. The molecule has 1 atom stereocenters. The smallest absolute Gasteiger partial charge is 0.125 e. The number of nitrogens with one attached hydrogen (secondary N) is 1. The van der Waals surface area contributed by atoms with Crippen LogP contribution in [0.4, 0.5) is 0 Å². The van der Waals surface area contributed by atoms with Gasteiger partial charge in [0.1, 0.15) is 5.57 Å². The van der Waals surface area contributed by atoms with E-state index in [0.717, 1.165) is 14.1 Å². The quantitative estimate of drug-likeness (QED) is 0.524. The summed E-state index contributed by atoms with van der Waals surface area (Å²) < 4.78 is 0. The van der Waals surface area contributed by atoms with Crippen molar-refractivity contribution in [2.45, 2.75) is 0 Å². The fourth-order valence-corrected chi connectivity index (χ4v) is 0.833. The van der Waals surface area contributed by atoms with Crippen LogP contribution in [-0.2, 0) is 0 Å². The summed E-state index contributed by atoms with van der Waals surface area (Å²) in [4.78, 5) is 6.98. The normalized spacial score (nSPS) is 11.0. The molecule has 0 aliphatic carbocycles. The average Bonchev–Trinajstić information content (AvgIpc) is 2.14. The maximum Gasteiger partial charge on any atom is 0.125 e. The zero-order valence-electron chi connectivity index (χ0n) is 4.10. The Morgan fingerprint density at radius 2 is 2.71 bits per heavy atom. The Morgan fingerprint density at radius 1 is 1.86 bits per heavy atom. The van der Waals surface area contributed by atoms with Gasteiger partial charge in [-0.05, 0) is 6.66 Å². The Hall–Kier alpha value is -0.360. The number of aromatic amines is 1. The Kier molecular flexibility index (Phi) is 1.42. The van der Waals surface area contributed by atoms with Crippen molar-refractivity contribution in [1.29, 1.82) is 0 Å². The molecule has 0 spiro atoms. The van der Waals surface area contributed by atoms with E-state index >= 15 is 0 Å². The number of imidazole rings is 1. The van der Waals surface area contributed by atoms with Crippen LogP contribution in [0, 0.1) is 0 Å². The highest BCUT2D eigenvalue weighted by molar-refractivity contribution is 7.45. The predicted octanol–water partition coefficient (Wildman–Crippen LogP) is 0.343. The number of rotatable bonds is 1. The second-order valence-electron chi connectivity index (χ2n) is 1.19. The van der Waals surface area contributed by atoms with E-state index in [0.29, 0.717) is 0 Å². The van der Waals surface area contributed by atoms with Crippen LogP contribution in [0.1, 0.15) is 0 Å². The lowest BCUT2D eigenvalue weighted by Crippen LogP contribution is -1.95. The molecule has 1 unspecified atom stereocenters. The molecule has 2 nitrogen and oxygen atoms in total. The molecule has 1 rings (SSSR count). The maximum atomic E-state index is 3.99. The van der Waals surface area contributed by atoms with Gasteiger partial charge in [-0.1, -0.05) is 8.58 Å². The summed E-state index contributed by atoms with van der Waals surface area (Å²) in [5, 5.41) is 0. The van der Waals surface area contributed by atoms with Gasteiger partial charge in [0.15, 0.2) is 0 Å². The van der Waals surface area contributed by atoms with Crippen LogP contribution >= 0.6 is 8.58 Å². The van der Waals surface area contributed by atoms with E-state index in [1.54, 1.807) is 6.20 Å². The van der Waals surface area contributed by atoms with Crippen molar-refractivity contribution < 1.29 is 0 Å². The molecule has 0 saturated carbocycles. The summed E-state index contributed by atoms with van der Waals surface area (Å²) in [5.41, 5.74) is 1.08. The Balaban J connectivity index is 2.76. The first-order chi connectivity index (χ1) is 3.43. The lowest BCUT2D eigenvalue weighted by atomic mass is 11.0. The molecule has 1 aromatic heterocycles. The highest BCUT2D eigenvalue weighted by atomic mass is 31.1. The zero-order chi connectivity index (χ0) is 5.11. The van der Waals surface area contributed by atoms with Gasteiger partial charge < -0.3 is 4.98 Å². The van der Waals surface area contributed by atoms with Crippen LogP contribution in [0.2, 0.25) is 0 Å². The number of hydrogen-bond acceptors (Lipinski definition) is 1. The fraction of sp³-hybridized carbons (Fsp3) is 0.250. The molecule has 0 fully saturated rings. The largest absolute Gasteiger partial charge is 0.345 e. The zero-order valence-corrected chi connectivity index (χ0v) is 5.10. The first kappa shape index (κ1) is 4.79. The molecule has 0 aromatic carbocycles. The van der Waals surface area contributed by atoms with Crippen LogP contribution in [-0.4, -0.2) is 16.6 Å². The molecule has 0 amide bonds. The van der Waals surface area contributed by atoms with E-state index in [9.17, 15) is 0 Å². The van der Waals surface area contributed by atoms with Crippen molar-refractivity contribution >= 4 is 14.1 Å². The maximum absolute atomic E-state index is 3.99. The van der Waals surface area contributed by atoms with Gasteiger partial charge in [0, 0.05) is 12.4 Å². The van der Waals surface area contributed by atoms with Gasteiger partial charge in [0.2, 0.25) is 0 Å². The molecule has 3 heteroatoms. The van der Waals surface area contributed by atoms with Gasteiger partial charge in [-0.3, -0.25) is 0 Å². The van der Waals surface area contributed by atoms with Crippen LogP contribution in [0.5, 0.6) is 0 Å². The molecule has 38 valence electrons. The molecule has 0 aliphatic heterocycles. The van der Waals surface area contributed by atoms with E-state index in [2.05, 4.69) is 16.6 Å². The van der Waals surface area contributed by atoms with Gasteiger partial charge in [0.25, 0.3) is 0 Å². The van der Waals surface area contributed by atoms with Gasteiger partial charge in [-0.2, -0.15) is 0 Å². The minimum absolute atomic E-state index is 0.788. The summed E-state index contributed by atoms with van der Waals surface area (Å²) in [6.45, 7) is 2.10. The number of H-pyrrole nitrogens is 1. The van der Waals surface area contributed by atoms with Crippen LogP contribution < -0.4 is 5.57 Å². The topological polar surface area (TPSA) is 28.7 Å². The molecular weight excluding hydrogens is 107 g/mol. The monoisotopic (exact) mass is 114 g/mol. The van der Waals surface area contributed by atoms with Gasteiger partial charge in [0.05, 0.1) is 0 Å². The number of hydrogen-bond donors (Lipinski definition) is 1. The third-order valence-electron chi connectivity index (χ3n) is 0.735. The second kappa shape index (κ2) is 2.08. The highest BCUT2D eigenvalue weighted by Gasteiger charge is 1.82. The van der Waals surface area contributed by atoms with Crippen molar-refractivity contribution in [3.8, 4) is 0 Å². The van der Waals surface area contributed by atoms with Crippen molar-refractivity contribution in [3.05, 3.63) is 12.4 Å². The first-order valence-electron chi connectivity index (χ1n) is 2.10. The Morgan fingerprint density at radius 3 is 3.00 bits per heavy atom. The van der Waals surface area contributed by atoms with Crippen LogP contribution in [0.25, 0.3) is 0 Å². The van der Waals surface area contributed by atoms with E-state index in [1.165, 1.54) is 0 Å². The molecule has 0 aliphatic rings. The van der Waals surface area contributed by atoms with Crippen molar-refractivity contribution in [2.24, 2.45) is 0 Å². The van der Waals surface area contributed by atoms with Gasteiger partial charge in [-0.25, -0.2) is 4.98 Å². The van der Waals surface area contributed by atoms with Gasteiger partial charge >= 0.3 is 0 Å². The average molecular weight is 114 g/mol. The molecule has 1 heterocycles. The molecule has 0 saturated heterocycles. The third-order valence-corrected chi connectivity index (χ3v) is 1.48. The molecule has 1 aromatic rings. The molecule has 0 radical (unpaired) electrons. The lowest BCUT2D eigenvalue weighted by molar-refractivity contribution is 1.41. The predicted molar refractivity (Wildman–Crippen MR) is 32.5 cm³/mol. The Bertz CT molecular complexity index is 124. The number of nitrogens with zero attached hydrogens (tertiary/aromatic N) is 1. The number of aromatic nitrogens is 2. The minimum Gasteiger partial charge on any atom is -0.345 e. The van der Waals surface area contributed by atoms with Crippen molar-refractivity contribution in [1.82, 2.24) is 9.97 Å².